The van der Waals surface area contributed by atoms with Gasteiger partial charge in [0, 0.05) is 19.6 Å². The number of hydrogen-bond donors (Lipinski definition) is 1. The molecule has 2 rings (SSSR count). The molecule has 1 fully saturated rings. The van der Waals surface area contributed by atoms with Crippen molar-refractivity contribution in [2.75, 3.05) is 26.0 Å². The number of benzene rings is 1. The lowest BCUT2D eigenvalue weighted by molar-refractivity contribution is -0.127. The fourth-order valence-corrected chi connectivity index (χ4v) is 4.47. The quantitative estimate of drug-likeness (QED) is 0.647. The average molecular weight is 401 g/mol. The third-order valence-electron chi connectivity index (χ3n) is 4.82. The van der Waals surface area contributed by atoms with Gasteiger partial charge in [-0.15, -0.1) is 0 Å². The maximum absolute atomic E-state index is 12.8. The van der Waals surface area contributed by atoms with Gasteiger partial charge in [-0.3, -0.25) is 4.79 Å². The van der Waals surface area contributed by atoms with E-state index in [1.165, 1.54) is 29.2 Å². The van der Waals surface area contributed by atoms with Gasteiger partial charge in [-0.2, -0.15) is 0 Å². The summed E-state index contributed by atoms with van der Waals surface area (Å²) in [6.07, 6.45) is 4.22. The first kappa shape index (κ1) is 21.6. The zero-order valence-electron chi connectivity index (χ0n) is 16.0. The minimum Gasteiger partial charge on any atom is -0.494 e. The van der Waals surface area contributed by atoms with E-state index in [-0.39, 0.29) is 11.9 Å². The summed E-state index contributed by atoms with van der Waals surface area (Å²) in [6, 6.07) is 5.64. The number of nitrogens with zero attached hydrogens (tertiary/aromatic N) is 1. The van der Waals surface area contributed by atoms with E-state index in [0.29, 0.717) is 31.2 Å². The lowest BCUT2D eigenvalue weighted by atomic mass is 9.88. The fourth-order valence-electron chi connectivity index (χ4n) is 3.09. The normalized spacial score (nSPS) is 20.3. The van der Waals surface area contributed by atoms with Gasteiger partial charge in [-0.25, -0.2) is 17.5 Å². The molecule has 8 heteroatoms. The van der Waals surface area contributed by atoms with Gasteiger partial charge in [0.1, 0.15) is 17.3 Å². The van der Waals surface area contributed by atoms with Crippen LogP contribution in [-0.2, 0) is 14.8 Å². The molecule has 0 saturated heterocycles. The number of ether oxygens (including phenoxy) is 1. The van der Waals surface area contributed by atoms with Gasteiger partial charge >= 0.3 is 0 Å². The molecule has 152 valence electrons. The van der Waals surface area contributed by atoms with Crippen LogP contribution in [0.4, 0.5) is 4.39 Å². The molecule has 0 atom stereocenters. The van der Waals surface area contributed by atoms with Crippen molar-refractivity contribution < 1.29 is 22.3 Å². The number of rotatable bonds is 9. The SMILES string of the molecule is CC1CCC(NS(=O)(=O)CC(=O)N(C)CCCOc2ccc(F)cc2)CC1. The van der Waals surface area contributed by atoms with E-state index < -0.39 is 21.7 Å². The van der Waals surface area contributed by atoms with Gasteiger partial charge in [-0.1, -0.05) is 6.92 Å². The Bertz CT molecular complexity index is 701. The molecular weight excluding hydrogens is 371 g/mol. The van der Waals surface area contributed by atoms with Gasteiger partial charge in [0.05, 0.1) is 6.61 Å². The van der Waals surface area contributed by atoms with Crippen molar-refractivity contribution in [1.82, 2.24) is 9.62 Å². The van der Waals surface area contributed by atoms with Crippen LogP contribution in [-0.4, -0.2) is 51.2 Å². The van der Waals surface area contributed by atoms with Crippen molar-refractivity contribution in [1.29, 1.82) is 0 Å². The van der Waals surface area contributed by atoms with Crippen LogP contribution in [0.15, 0.2) is 24.3 Å². The summed E-state index contributed by atoms with van der Waals surface area (Å²) in [4.78, 5) is 13.6. The maximum Gasteiger partial charge on any atom is 0.238 e. The van der Waals surface area contributed by atoms with Crippen molar-refractivity contribution in [2.45, 2.75) is 45.1 Å². The van der Waals surface area contributed by atoms with Crippen LogP contribution in [0.3, 0.4) is 0 Å². The Hall–Kier alpha value is -1.67. The first-order valence-electron chi connectivity index (χ1n) is 9.37. The number of carbonyl (C=O) groups is 1. The van der Waals surface area contributed by atoms with E-state index in [2.05, 4.69) is 11.6 Å². The standard InChI is InChI=1S/C19H29FN2O4S/c1-15-4-8-17(9-5-15)21-27(24,25)14-19(23)22(2)12-3-13-26-18-10-6-16(20)7-11-18/h6-7,10-11,15,17,21H,3-5,8-9,12-14H2,1-2H3. The van der Waals surface area contributed by atoms with E-state index in [9.17, 15) is 17.6 Å². The van der Waals surface area contributed by atoms with Gasteiger partial charge in [0.15, 0.2) is 0 Å². The van der Waals surface area contributed by atoms with Crippen LogP contribution in [0.5, 0.6) is 5.75 Å². The van der Waals surface area contributed by atoms with E-state index in [1.54, 1.807) is 7.05 Å². The van der Waals surface area contributed by atoms with Crippen molar-refractivity contribution in [3.8, 4) is 5.75 Å². The predicted molar refractivity (Wildman–Crippen MR) is 102 cm³/mol. The second-order valence-electron chi connectivity index (χ2n) is 7.30. The van der Waals surface area contributed by atoms with Crippen LogP contribution in [0.2, 0.25) is 0 Å². The Balaban J connectivity index is 1.68. The number of hydrogen-bond acceptors (Lipinski definition) is 4. The number of halogens is 1. The summed E-state index contributed by atoms with van der Waals surface area (Å²) in [6.45, 7) is 2.91. The molecule has 0 bridgehead atoms. The summed E-state index contributed by atoms with van der Waals surface area (Å²) in [5.74, 6) is -0.109. The molecule has 0 heterocycles. The molecular formula is C19H29FN2O4S. The highest BCUT2D eigenvalue weighted by Gasteiger charge is 2.25. The molecule has 27 heavy (non-hydrogen) atoms. The molecule has 0 aromatic heterocycles. The summed E-state index contributed by atoms with van der Waals surface area (Å²) in [5, 5.41) is 0. The molecule has 1 aromatic rings. The predicted octanol–water partition coefficient (Wildman–Crippen LogP) is 2.55. The molecule has 1 amide bonds. The number of carbonyl (C=O) groups excluding carboxylic acids is 1. The van der Waals surface area contributed by atoms with Gasteiger partial charge < -0.3 is 9.64 Å². The molecule has 6 nitrogen and oxygen atoms in total. The summed E-state index contributed by atoms with van der Waals surface area (Å²) in [5.41, 5.74) is 0. The molecule has 1 saturated carbocycles. The van der Waals surface area contributed by atoms with Crippen molar-refractivity contribution in [2.24, 2.45) is 5.92 Å². The Kier molecular flexibility index (Phi) is 8.04. The fraction of sp³-hybridized carbons (Fsp3) is 0.632. The molecule has 0 spiro atoms. The van der Waals surface area contributed by atoms with Crippen LogP contribution >= 0.6 is 0 Å². The molecule has 1 aliphatic rings. The third kappa shape index (κ3) is 7.84. The minimum atomic E-state index is -3.63. The zero-order valence-corrected chi connectivity index (χ0v) is 16.8. The van der Waals surface area contributed by atoms with Crippen molar-refractivity contribution in [3.63, 3.8) is 0 Å². The molecule has 0 radical (unpaired) electrons. The van der Waals surface area contributed by atoms with E-state index in [1.807, 2.05) is 0 Å². The first-order valence-corrected chi connectivity index (χ1v) is 11.0. The molecule has 0 unspecified atom stereocenters. The Morgan fingerprint density at radius 3 is 2.48 bits per heavy atom. The lowest BCUT2D eigenvalue weighted by Crippen LogP contribution is -2.43. The number of amides is 1. The number of sulfonamides is 1. The number of nitrogens with one attached hydrogen (secondary N) is 1. The zero-order chi connectivity index (χ0) is 19.9. The molecule has 1 N–H and O–H groups in total. The summed E-state index contributed by atoms with van der Waals surface area (Å²) in [7, 11) is -2.05. The highest BCUT2D eigenvalue weighted by atomic mass is 32.2. The minimum absolute atomic E-state index is 0.0617. The Morgan fingerprint density at radius 2 is 1.85 bits per heavy atom. The van der Waals surface area contributed by atoms with E-state index in [4.69, 9.17) is 4.74 Å². The lowest BCUT2D eigenvalue weighted by Gasteiger charge is -2.27. The van der Waals surface area contributed by atoms with Gasteiger partial charge in [-0.05, 0) is 62.3 Å². The van der Waals surface area contributed by atoms with Crippen molar-refractivity contribution in [3.05, 3.63) is 30.1 Å². The van der Waals surface area contributed by atoms with Gasteiger partial charge in [0.2, 0.25) is 15.9 Å². The highest BCUT2D eigenvalue weighted by molar-refractivity contribution is 7.90. The maximum atomic E-state index is 12.8. The largest absolute Gasteiger partial charge is 0.494 e. The first-order chi connectivity index (χ1) is 12.7. The summed E-state index contributed by atoms with van der Waals surface area (Å²) >= 11 is 0. The Labute approximate surface area is 161 Å². The second kappa shape index (κ2) is 10.0. The van der Waals surface area contributed by atoms with Crippen LogP contribution in [0.25, 0.3) is 0 Å². The van der Waals surface area contributed by atoms with E-state index in [0.717, 1.165) is 25.7 Å². The Morgan fingerprint density at radius 1 is 1.22 bits per heavy atom. The monoisotopic (exact) mass is 400 g/mol. The second-order valence-corrected chi connectivity index (χ2v) is 9.06. The van der Waals surface area contributed by atoms with Gasteiger partial charge in [0.25, 0.3) is 0 Å². The highest BCUT2D eigenvalue weighted by Crippen LogP contribution is 2.23. The summed E-state index contributed by atoms with van der Waals surface area (Å²) < 4.78 is 45.4. The topological polar surface area (TPSA) is 75.7 Å². The van der Waals surface area contributed by atoms with Crippen LogP contribution in [0.1, 0.15) is 39.0 Å². The van der Waals surface area contributed by atoms with E-state index >= 15 is 0 Å². The van der Waals surface area contributed by atoms with Crippen molar-refractivity contribution >= 4 is 15.9 Å². The smallest absolute Gasteiger partial charge is 0.238 e. The molecule has 0 aliphatic heterocycles. The average Bonchev–Trinajstić information content (AvgIpc) is 2.61. The third-order valence-corrected chi connectivity index (χ3v) is 6.14. The van der Waals surface area contributed by atoms with Crippen LogP contribution < -0.4 is 9.46 Å². The van der Waals surface area contributed by atoms with Crippen LogP contribution in [0, 0.1) is 11.7 Å². The molecule has 1 aliphatic carbocycles. The molecule has 1 aromatic carbocycles.